The normalized spacial score (nSPS) is 22.3. The zero-order valence-corrected chi connectivity index (χ0v) is 43.1. The number of rotatable bonds is 40. The average Bonchev–Trinajstić information content (AvgIpc) is 3.31. The Kier molecular flexibility index (Phi) is 37.4. The van der Waals surface area contributed by atoms with Crippen LogP contribution in [0.1, 0.15) is 149 Å². The summed E-state index contributed by atoms with van der Waals surface area (Å²) in [5, 5.41) is 51.7. The Labute approximate surface area is 416 Å². The minimum Gasteiger partial charge on any atom is -0.462 e. The molecule has 1 aliphatic rings. The molecular formula is C51H84O17P2. The molecule has 0 amide bonds. The lowest BCUT2D eigenvalue weighted by atomic mass is 9.85. The van der Waals surface area contributed by atoms with Gasteiger partial charge in [-0.25, -0.2) is 9.13 Å². The molecule has 0 heterocycles. The molecule has 17 nitrogen and oxygen atoms in total. The van der Waals surface area contributed by atoms with Gasteiger partial charge in [-0.1, -0.05) is 156 Å². The van der Waals surface area contributed by atoms with Crippen LogP contribution < -0.4 is 0 Å². The Morgan fingerprint density at radius 1 is 0.543 bits per heavy atom. The van der Waals surface area contributed by atoms with Crippen LogP contribution >= 0.6 is 15.6 Å². The minimum atomic E-state index is -5.40. The highest BCUT2D eigenvalue weighted by atomic mass is 31.2. The van der Waals surface area contributed by atoms with Crippen LogP contribution in [0.15, 0.2) is 97.2 Å². The van der Waals surface area contributed by atoms with Gasteiger partial charge in [-0.05, 0) is 77.0 Å². The number of hydrogen-bond donors (Lipinski definition) is 8. The van der Waals surface area contributed by atoms with Gasteiger partial charge in [-0.3, -0.25) is 23.2 Å². The smallest absolute Gasteiger partial charge is 0.462 e. The van der Waals surface area contributed by atoms with Crippen molar-refractivity contribution in [3.05, 3.63) is 97.2 Å². The lowest BCUT2D eigenvalue weighted by Gasteiger charge is -2.43. The number of aliphatic hydroxyl groups is 5. The molecule has 0 saturated heterocycles. The second-order valence-electron chi connectivity index (χ2n) is 17.0. The third-order valence-corrected chi connectivity index (χ3v) is 12.3. The first-order chi connectivity index (χ1) is 33.5. The summed E-state index contributed by atoms with van der Waals surface area (Å²) in [6, 6.07) is 0. The standard InChI is InChI=1S/C51H84O17P2/c1-3-5-7-9-11-13-15-17-19-21-23-25-27-29-31-33-35-37-44(53)64-40-43(41-65-70(62,63)68-51-48(57)46(55)47(56)50(49(51)58)67-69(59,60)61)66-45(54)39-38-42(52)36-34-32-30-28-26-24-22-20-18-16-14-12-10-8-6-4-2/h6,8,11-14,17-20,24,26,30,32,34,36,42-43,46-52,55-58H,3-5,7,9-10,15-16,21-23,25,27-29,31,33,35,37-41H2,1-2H3,(H,62,63)(H2,59,60,61)/b8-6-,13-11-,14-12-,19-17-,20-18-,26-24-,32-30-,36-34-/t42?,43-,46?,47?,48?,49?,50-,51+/m1/s1. The number of carbonyl (C=O) groups excluding carboxylic acids is 2. The van der Waals surface area contributed by atoms with Gasteiger partial charge in [0, 0.05) is 12.8 Å². The van der Waals surface area contributed by atoms with Crippen LogP contribution in [0.2, 0.25) is 0 Å². The number of hydrogen-bond acceptors (Lipinski definition) is 14. The van der Waals surface area contributed by atoms with Gasteiger partial charge in [-0.2, -0.15) is 0 Å². The van der Waals surface area contributed by atoms with Gasteiger partial charge >= 0.3 is 27.6 Å². The number of phosphoric acid groups is 2. The molecule has 1 saturated carbocycles. The fourth-order valence-corrected chi connectivity index (χ4v) is 8.41. The van der Waals surface area contributed by atoms with E-state index < -0.39 is 89.6 Å². The van der Waals surface area contributed by atoms with Crippen molar-refractivity contribution in [2.24, 2.45) is 0 Å². The Morgan fingerprint density at radius 3 is 1.60 bits per heavy atom. The summed E-state index contributed by atoms with van der Waals surface area (Å²) in [6.07, 6.45) is 33.8. The molecule has 0 bridgehead atoms. The van der Waals surface area contributed by atoms with Gasteiger partial charge in [0.1, 0.15) is 43.2 Å². The Morgan fingerprint density at radius 2 is 1.04 bits per heavy atom. The average molecular weight is 1030 g/mol. The van der Waals surface area contributed by atoms with Gasteiger partial charge in [0.2, 0.25) is 0 Å². The summed E-state index contributed by atoms with van der Waals surface area (Å²) >= 11 is 0. The summed E-state index contributed by atoms with van der Waals surface area (Å²) in [7, 11) is -10.8. The van der Waals surface area contributed by atoms with E-state index in [1.54, 1.807) is 12.2 Å². The van der Waals surface area contributed by atoms with Crippen molar-refractivity contribution in [2.75, 3.05) is 13.2 Å². The molecule has 9 atom stereocenters. The van der Waals surface area contributed by atoms with Gasteiger partial charge in [0.25, 0.3) is 0 Å². The molecule has 0 aromatic rings. The molecule has 0 aromatic heterocycles. The zero-order chi connectivity index (χ0) is 51.9. The van der Waals surface area contributed by atoms with Crippen LogP contribution in [0, 0.1) is 0 Å². The second-order valence-corrected chi connectivity index (χ2v) is 19.6. The first kappa shape index (κ1) is 64.9. The molecule has 8 N–H and O–H groups in total. The first-order valence-electron chi connectivity index (χ1n) is 24.9. The Balaban J connectivity index is 2.68. The van der Waals surface area contributed by atoms with E-state index in [1.807, 2.05) is 12.2 Å². The number of ether oxygens (including phenoxy) is 2. The van der Waals surface area contributed by atoms with Crippen LogP contribution in [0.3, 0.4) is 0 Å². The van der Waals surface area contributed by atoms with Crippen molar-refractivity contribution >= 4 is 27.6 Å². The monoisotopic (exact) mass is 1030 g/mol. The number of allylic oxidation sites excluding steroid dienone is 15. The molecule has 0 radical (unpaired) electrons. The van der Waals surface area contributed by atoms with E-state index in [0.717, 1.165) is 83.5 Å². The third-order valence-electron chi connectivity index (χ3n) is 10.8. The quantitative estimate of drug-likeness (QED) is 0.00935. The molecule has 0 spiro atoms. The van der Waals surface area contributed by atoms with Crippen molar-refractivity contribution in [1.29, 1.82) is 0 Å². The maximum absolute atomic E-state index is 13.0. The van der Waals surface area contributed by atoms with Crippen LogP contribution in [-0.2, 0) is 41.8 Å². The highest BCUT2D eigenvalue weighted by molar-refractivity contribution is 7.47. The van der Waals surface area contributed by atoms with Crippen molar-refractivity contribution in [3.63, 3.8) is 0 Å². The third kappa shape index (κ3) is 34.3. The Bertz CT molecular complexity index is 1730. The molecule has 19 heteroatoms. The Hall–Kier alpha value is -3.12. The highest BCUT2D eigenvalue weighted by Gasteiger charge is 2.54. The van der Waals surface area contributed by atoms with Crippen LogP contribution in [0.5, 0.6) is 0 Å². The molecule has 70 heavy (non-hydrogen) atoms. The lowest BCUT2D eigenvalue weighted by Crippen LogP contribution is -2.64. The molecule has 0 aliphatic heterocycles. The maximum atomic E-state index is 13.0. The molecule has 1 rings (SSSR count). The zero-order valence-electron chi connectivity index (χ0n) is 41.3. The van der Waals surface area contributed by atoms with Gasteiger partial charge in [0.05, 0.1) is 12.7 Å². The largest absolute Gasteiger partial charge is 0.472 e. The molecule has 0 aromatic carbocycles. The molecular weight excluding hydrogens is 946 g/mol. The number of phosphoric ester groups is 2. The van der Waals surface area contributed by atoms with Crippen LogP contribution in [0.25, 0.3) is 0 Å². The molecule has 1 fully saturated rings. The number of carbonyl (C=O) groups is 2. The van der Waals surface area contributed by atoms with Crippen LogP contribution in [0.4, 0.5) is 0 Å². The SMILES string of the molecule is CC/C=C\C/C=C\C/C=C\C/C=C\C/C=C\C=C/C(O)CCC(=O)O[C@H](COC(=O)CCCCCCCCC/C=C\C/C=C\CCCCC)COP(=O)(O)O[C@H]1C(O)C(O)C(O)[C@@H](OP(=O)(O)O)C1O. The molecule has 400 valence electrons. The molecule has 6 unspecified atom stereocenters. The summed E-state index contributed by atoms with van der Waals surface area (Å²) < 4.78 is 49.2. The van der Waals surface area contributed by atoms with E-state index in [9.17, 15) is 58.9 Å². The van der Waals surface area contributed by atoms with Gasteiger partial charge in [-0.15, -0.1) is 0 Å². The van der Waals surface area contributed by atoms with Crippen molar-refractivity contribution in [2.45, 2.75) is 198 Å². The van der Waals surface area contributed by atoms with Crippen molar-refractivity contribution in [1.82, 2.24) is 0 Å². The van der Waals surface area contributed by atoms with E-state index in [4.69, 9.17) is 18.5 Å². The second kappa shape index (κ2) is 40.4. The maximum Gasteiger partial charge on any atom is 0.472 e. The fourth-order valence-electron chi connectivity index (χ4n) is 6.87. The van der Waals surface area contributed by atoms with E-state index in [0.29, 0.717) is 12.8 Å². The highest BCUT2D eigenvalue weighted by Crippen LogP contribution is 2.49. The van der Waals surface area contributed by atoms with Gasteiger partial charge < -0.3 is 49.7 Å². The van der Waals surface area contributed by atoms with E-state index in [1.165, 1.54) is 25.3 Å². The fraction of sp³-hybridized carbons (Fsp3) is 0.647. The topological polar surface area (TPSA) is 276 Å². The summed E-state index contributed by atoms with van der Waals surface area (Å²) in [6.45, 7) is 2.76. The molecule has 1 aliphatic carbocycles. The van der Waals surface area contributed by atoms with E-state index >= 15 is 0 Å². The summed E-state index contributed by atoms with van der Waals surface area (Å²) in [5.74, 6) is -1.51. The van der Waals surface area contributed by atoms with Gasteiger partial charge in [0.15, 0.2) is 6.10 Å². The van der Waals surface area contributed by atoms with E-state index in [2.05, 4.69) is 85.2 Å². The lowest BCUT2D eigenvalue weighted by molar-refractivity contribution is -0.216. The number of aliphatic hydroxyl groups excluding tert-OH is 5. The van der Waals surface area contributed by atoms with Crippen molar-refractivity contribution in [3.8, 4) is 0 Å². The predicted octanol–water partition coefficient (Wildman–Crippen LogP) is 8.92. The predicted molar refractivity (Wildman–Crippen MR) is 270 cm³/mol. The number of esters is 2. The summed E-state index contributed by atoms with van der Waals surface area (Å²) in [5.41, 5.74) is 0. The first-order valence-corrected chi connectivity index (χ1v) is 27.9. The van der Waals surface area contributed by atoms with Crippen LogP contribution in [-0.4, -0.2) is 114 Å². The summed E-state index contributed by atoms with van der Waals surface area (Å²) in [4.78, 5) is 54.4. The van der Waals surface area contributed by atoms with E-state index in [-0.39, 0.29) is 19.3 Å². The minimum absolute atomic E-state index is 0.0564. The van der Waals surface area contributed by atoms with Crippen molar-refractivity contribution < 1.29 is 82.0 Å². The number of unbranched alkanes of at least 4 members (excludes halogenated alkanes) is 10.